The zero-order valence-electron chi connectivity index (χ0n) is 9.62. The lowest BCUT2D eigenvalue weighted by atomic mass is 10.1. The fourth-order valence-corrected chi connectivity index (χ4v) is 4.61. The van der Waals surface area contributed by atoms with Crippen LogP contribution < -0.4 is 0 Å². The second kappa shape index (κ2) is 7.41. The molecule has 0 unspecified atom stereocenters. The van der Waals surface area contributed by atoms with Gasteiger partial charge in [-0.05, 0) is 6.42 Å². The van der Waals surface area contributed by atoms with Crippen LogP contribution in [0, 0.1) is 0 Å². The summed E-state index contributed by atoms with van der Waals surface area (Å²) in [4.78, 5) is 0. The molecule has 0 rings (SSSR count). The Kier molecular flexibility index (Phi) is 8.75. The lowest BCUT2D eigenvalue weighted by Gasteiger charge is -2.50. The first-order valence-corrected chi connectivity index (χ1v) is 9.68. The zero-order valence-corrected chi connectivity index (χ0v) is 19.4. The number of rotatable bonds is 5. The van der Waals surface area contributed by atoms with Gasteiger partial charge in [0.1, 0.15) is 0 Å². The number of hydrogen-bond acceptors (Lipinski definition) is 0. The molecule has 13 heteroatoms. The quantitative estimate of drug-likeness (QED) is 0.295. The molecule has 0 atom stereocenters. The molecule has 0 aromatic carbocycles. The largest absolute Gasteiger partial charge is 0.226 e. The third kappa shape index (κ3) is 4.20. The van der Waals surface area contributed by atoms with E-state index in [-0.39, 0.29) is 6.42 Å². The highest BCUT2D eigenvalue weighted by Crippen LogP contribution is 2.69. The van der Waals surface area contributed by atoms with E-state index in [1.54, 1.807) is 6.92 Å². The van der Waals surface area contributed by atoms with Crippen LogP contribution in [0.5, 0.6) is 0 Å². The predicted octanol–water partition coefficient (Wildman–Crippen LogP) is 8.64. The molecule has 0 aliphatic heterocycles. The summed E-state index contributed by atoms with van der Waals surface area (Å²) in [6.45, 7) is 1.55. The van der Waals surface area contributed by atoms with E-state index in [9.17, 15) is 0 Å². The normalized spacial score (nSPS) is 16.3. The minimum atomic E-state index is -2.61. The van der Waals surface area contributed by atoms with Crippen molar-refractivity contribution in [1.82, 2.24) is 0 Å². The SMILES string of the molecule is CCC(Cl)(Cl)C(Cl)(Cl)C(Cl)(Cl)C(Cl)(Cl)C(Cl)(Cl)C(Cl)(Cl)Cl. The van der Waals surface area contributed by atoms with Gasteiger partial charge in [-0.15, -0.1) is 0 Å². The van der Waals surface area contributed by atoms with Crippen LogP contribution in [0.3, 0.4) is 0 Å². The van der Waals surface area contributed by atoms with Crippen molar-refractivity contribution in [3.63, 3.8) is 0 Å². The van der Waals surface area contributed by atoms with E-state index >= 15 is 0 Å². The summed E-state index contributed by atoms with van der Waals surface area (Å²) >= 11 is 77.2. The third-order valence-electron chi connectivity index (χ3n) is 2.44. The molecule has 0 bridgehead atoms. The van der Waals surface area contributed by atoms with Crippen LogP contribution in [0.4, 0.5) is 0 Å². The number of alkyl halides is 13. The molecular weight excluding hydrogens is 557 g/mol. The maximum absolute atomic E-state index is 6.10. The van der Waals surface area contributed by atoms with Crippen LogP contribution in [-0.2, 0) is 0 Å². The van der Waals surface area contributed by atoms with Crippen LogP contribution in [-0.4, -0.2) is 25.5 Å². The summed E-state index contributed by atoms with van der Waals surface area (Å²) in [6, 6.07) is 0. The second-order valence-electron chi connectivity index (χ2n) is 3.85. The Morgan fingerprint density at radius 3 is 1.00 bits per heavy atom. The van der Waals surface area contributed by atoms with Gasteiger partial charge in [0, 0.05) is 0 Å². The average Bonchev–Trinajstić information content (AvgIpc) is 2.26. The highest BCUT2D eigenvalue weighted by molar-refractivity contribution is 6.82. The summed E-state index contributed by atoms with van der Waals surface area (Å²) in [5.74, 6) is 0. The summed E-state index contributed by atoms with van der Waals surface area (Å²) in [7, 11) is 0. The van der Waals surface area contributed by atoms with Gasteiger partial charge in [0.2, 0.25) is 8.13 Å². The Morgan fingerprint density at radius 1 is 0.476 bits per heavy atom. The zero-order chi connectivity index (χ0) is 17.7. The van der Waals surface area contributed by atoms with Gasteiger partial charge in [-0.1, -0.05) is 158 Å². The lowest BCUT2D eigenvalue weighted by molar-refractivity contribution is 0.488. The van der Waals surface area contributed by atoms with E-state index in [0.29, 0.717) is 0 Å². The van der Waals surface area contributed by atoms with E-state index in [1.165, 1.54) is 0 Å². The first-order chi connectivity index (χ1) is 8.81. The second-order valence-corrected chi connectivity index (χ2v) is 12.9. The van der Waals surface area contributed by atoms with Gasteiger partial charge in [-0.2, -0.15) is 0 Å². The molecule has 0 nitrogen and oxygen atoms in total. The van der Waals surface area contributed by atoms with Crippen molar-refractivity contribution in [3.05, 3.63) is 0 Å². The van der Waals surface area contributed by atoms with Crippen molar-refractivity contribution >= 4 is 151 Å². The first kappa shape index (κ1) is 24.8. The molecule has 0 spiro atoms. The standard InChI is InChI=1S/C8H5Cl13/c1-2-3(9,10)4(11,12)5(13,14)6(15,16)7(17,18)8(19,20)21/h2H2,1H3. The van der Waals surface area contributed by atoms with Gasteiger partial charge in [0.25, 0.3) is 0 Å². The molecule has 21 heavy (non-hydrogen) atoms. The van der Waals surface area contributed by atoms with Crippen LogP contribution in [0.2, 0.25) is 0 Å². The van der Waals surface area contributed by atoms with E-state index in [1.807, 2.05) is 0 Å². The molecule has 0 aromatic rings. The molecule has 128 valence electrons. The summed E-state index contributed by atoms with van der Waals surface area (Å²) in [6.07, 6.45) is 0.0134. The van der Waals surface area contributed by atoms with Crippen LogP contribution in [0.15, 0.2) is 0 Å². The van der Waals surface area contributed by atoms with E-state index in [0.717, 1.165) is 0 Å². The monoisotopic (exact) mass is 556 g/mol. The highest BCUT2D eigenvalue weighted by Gasteiger charge is 2.76. The summed E-state index contributed by atoms with van der Waals surface area (Å²) < 4.78 is -14.3. The third-order valence-corrected chi connectivity index (χ3v) is 11.1. The Balaban J connectivity index is 6.14. The molecule has 0 radical (unpaired) electrons. The van der Waals surface area contributed by atoms with Crippen molar-refractivity contribution in [3.8, 4) is 0 Å². The van der Waals surface area contributed by atoms with Crippen molar-refractivity contribution < 1.29 is 0 Å². The maximum Gasteiger partial charge on any atom is 0.226 e. The highest BCUT2D eigenvalue weighted by atomic mass is 35.6. The predicted molar refractivity (Wildman–Crippen MR) is 103 cm³/mol. The van der Waals surface area contributed by atoms with Crippen molar-refractivity contribution in [2.45, 2.75) is 38.8 Å². The minimum absolute atomic E-state index is 0.0134. The van der Waals surface area contributed by atoms with Gasteiger partial charge < -0.3 is 0 Å². The molecule has 0 saturated carbocycles. The van der Waals surface area contributed by atoms with Crippen molar-refractivity contribution in [1.29, 1.82) is 0 Å². The van der Waals surface area contributed by atoms with Gasteiger partial charge in [-0.3, -0.25) is 0 Å². The molecule has 0 fully saturated rings. The van der Waals surface area contributed by atoms with E-state index in [4.69, 9.17) is 151 Å². The molecule has 0 aromatic heterocycles. The van der Waals surface area contributed by atoms with Crippen LogP contribution in [0.25, 0.3) is 0 Å². The molecule has 0 aliphatic carbocycles. The molecule has 0 amide bonds. The smallest absolute Gasteiger partial charge is 0.0982 e. The topological polar surface area (TPSA) is 0 Å². The van der Waals surface area contributed by atoms with Gasteiger partial charge in [-0.25, -0.2) is 0 Å². The van der Waals surface area contributed by atoms with Gasteiger partial charge in [0.05, 0.1) is 0 Å². The van der Waals surface area contributed by atoms with Gasteiger partial charge in [0.15, 0.2) is 17.3 Å². The van der Waals surface area contributed by atoms with Crippen molar-refractivity contribution in [2.75, 3.05) is 0 Å². The fraction of sp³-hybridized carbons (Fsp3) is 1.00. The van der Waals surface area contributed by atoms with Crippen LogP contribution in [0.1, 0.15) is 13.3 Å². The maximum atomic E-state index is 6.10. The number of halogens is 13. The van der Waals surface area contributed by atoms with E-state index < -0.39 is 25.5 Å². The molecular formula is C8H5Cl13. The minimum Gasteiger partial charge on any atom is -0.0982 e. The number of hydrogen-bond donors (Lipinski definition) is 0. The fourth-order valence-electron chi connectivity index (χ4n) is 1.02. The molecule has 0 aliphatic rings. The van der Waals surface area contributed by atoms with Crippen molar-refractivity contribution in [2.24, 2.45) is 0 Å². The first-order valence-electron chi connectivity index (χ1n) is 4.77. The van der Waals surface area contributed by atoms with E-state index in [2.05, 4.69) is 0 Å². The lowest BCUT2D eigenvalue weighted by Crippen LogP contribution is -2.65. The Hall–Kier alpha value is 3.77. The molecule has 0 heterocycles. The summed E-state index contributed by atoms with van der Waals surface area (Å²) in [5, 5.41) is 0. The van der Waals surface area contributed by atoms with Gasteiger partial charge >= 0.3 is 0 Å². The Bertz CT molecular complexity index is 376. The van der Waals surface area contributed by atoms with Crippen LogP contribution >= 0.6 is 151 Å². The molecule has 0 N–H and O–H groups in total. The Morgan fingerprint density at radius 2 is 0.762 bits per heavy atom. The average molecular weight is 562 g/mol. The Labute approximate surface area is 187 Å². The molecule has 0 saturated heterocycles. The summed E-state index contributed by atoms with van der Waals surface area (Å²) in [5.41, 5.74) is 0.